The van der Waals surface area contributed by atoms with Gasteiger partial charge < -0.3 is 4.57 Å². The average molecular weight is 430 g/mol. The van der Waals surface area contributed by atoms with Gasteiger partial charge in [-0.15, -0.1) is 0 Å². The summed E-state index contributed by atoms with van der Waals surface area (Å²) < 4.78 is 42.2. The molecular formula is C27H21F2OP. The Morgan fingerprint density at radius 2 is 1.06 bits per heavy atom. The number of rotatable bonds is 6. The van der Waals surface area contributed by atoms with Crippen molar-refractivity contribution >= 4 is 23.8 Å². The van der Waals surface area contributed by atoms with Gasteiger partial charge in [-0.2, -0.15) is 0 Å². The van der Waals surface area contributed by atoms with Gasteiger partial charge in [0.1, 0.15) is 11.6 Å². The molecule has 0 aliphatic heterocycles. The highest BCUT2D eigenvalue weighted by atomic mass is 31.2. The molecule has 4 aromatic rings. The van der Waals surface area contributed by atoms with Crippen molar-refractivity contribution in [2.75, 3.05) is 0 Å². The second kappa shape index (κ2) is 9.24. The van der Waals surface area contributed by atoms with Gasteiger partial charge in [-0.3, -0.25) is 0 Å². The molecule has 154 valence electrons. The van der Waals surface area contributed by atoms with E-state index >= 15 is 0 Å². The van der Waals surface area contributed by atoms with E-state index in [9.17, 15) is 13.3 Å². The van der Waals surface area contributed by atoms with Crippen LogP contribution in [0.4, 0.5) is 8.78 Å². The zero-order chi connectivity index (χ0) is 21.7. The molecule has 0 saturated carbocycles. The summed E-state index contributed by atoms with van der Waals surface area (Å²) in [6.07, 6.45) is 3.87. The molecular weight excluding hydrogens is 409 g/mol. The monoisotopic (exact) mass is 430 g/mol. The molecule has 0 radical (unpaired) electrons. The molecule has 1 nitrogen and oxygen atoms in total. The van der Waals surface area contributed by atoms with Crippen molar-refractivity contribution in [3.8, 4) is 0 Å². The van der Waals surface area contributed by atoms with Gasteiger partial charge in [0.2, 0.25) is 0 Å². The van der Waals surface area contributed by atoms with E-state index in [-0.39, 0.29) is 0 Å². The van der Waals surface area contributed by atoms with Gasteiger partial charge in [0.25, 0.3) is 0 Å². The maximum absolute atomic E-state index is 14.9. The first-order valence-corrected chi connectivity index (χ1v) is 11.8. The number of halogens is 2. The van der Waals surface area contributed by atoms with E-state index in [0.717, 1.165) is 11.1 Å². The lowest BCUT2D eigenvalue weighted by Crippen LogP contribution is -2.21. The fourth-order valence-electron chi connectivity index (χ4n) is 3.65. The third kappa shape index (κ3) is 4.57. The van der Waals surface area contributed by atoms with Crippen LogP contribution in [0.15, 0.2) is 115 Å². The molecule has 4 rings (SSSR count). The highest BCUT2D eigenvalue weighted by molar-refractivity contribution is 7.79. The van der Waals surface area contributed by atoms with E-state index in [2.05, 4.69) is 0 Å². The van der Waals surface area contributed by atoms with Gasteiger partial charge in [-0.05, 0) is 59.7 Å². The Labute approximate surface area is 181 Å². The molecule has 0 aliphatic rings. The lowest BCUT2D eigenvalue weighted by Gasteiger charge is -2.27. The molecule has 0 heterocycles. The Hall–Kier alpha value is -3.29. The molecule has 0 fully saturated rings. The van der Waals surface area contributed by atoms with Crippen LogP contribution in [0.3, 0.4) is 0 Å². The Kier molecular flexibility index (Phi) is 6.25. The summed E-state index contributed by atoms with van der Waals surface area (Å²) in [7, 11) is -3.35. The number of allylic oxidation sites excluding steroid dienone is 1. The number of benzene rings is 4. The predicted molar refractivity (Wildman–Crippen MR) is 124 cm³/mol. The van der Waals surface area contributed by atoms with Gasteiger partial charge in [0, 0.05) is 10.6 Å². The van der Waals surface area contributed by atoms with Crippen LogP contribution in [0.5, 0.6) is 0 Å². The van der Waals surface area contributed by atoms with E-state index in [0.29, 0.717) is 10.6 Å². The zero-order valence-corrected chi connectivity index (χ0v) is 17.6. The van der Waals surface area contributed by atoms with Gasteiger partial charge in [0.15, 0.2) is 7.14 Å². The fraction of sp³-hybridized carbons (Fsp3) is 0.0370. The Balaban J connectivity index is 1.93. The normalized spacial score (nSPS) is 12.7. The van der Waals surface area contributed by atoms with Gasteiger partial charge in [-0.1, -0.05) is 72.8 Å². The minimum atomic E-state index is -3.35. The molecule has 0 bridgehead atoms. The summed E-state index contributed by atoms with van der Waals surface area (Å²) in [6, 6.07) is 30.8. The van der Waals surface area contributed by atoms with Crippen molar-refractivity contribution in [3.05, 3.63) is 138 Å². The van der Waals surface area contributed by atoms with Gasteiger partial charge in [-0.25, -0.2) is 8.78 Å². The Bertz CT molecular complexity index is 1150. The maximum Gasteiger partial charge on any atom is 0.153 e. The molecule has 4 aromatic carbocycles. The molecule has 0 aromatic heterocycles. The lowest BCUT2D eigenvalue weighted by atomic mass is 10.1. The molecule has 1 unspecified atom stereocenters. The Morgan fingerprint density at radius 1 is 0.613 bits per heavy atom. The van der Waals surface area contributed by atoms with Crippen molar-refractivity contribution in [1.82, 2.24) is 0 Å². The summed E-state index contributed by atoms with van der Waals surface area (Å²) >= 11 is 0. The van der Waals surface area contributed by atoms with Crippen molar-refractivity contribution < 1.29 is 13.3 Å². The first-order valence-electron chi connectivity index (χ1n) is 9.97. The summed E-state index contributed by atoms with van der Waals surface area (Å²) in [5.74, 6) is -0.795. The van der Waals surface area contributed by atoms with Crippen LogP contribution in [0.25, 0.3) is 6.08 Å². The van der Waals surface area contributed by atoms with Crippen molar-refractivity contribution in [1.29, 1.82) is 0 Å². The highest BCUT2D eigenvalue weighted by Gasteiger charge is 2.36. The summed E-state index contributed by atoms with van der Waals surface area (Å²) in [5, 5.41) is 1.04. The van der Waals surface area contributed by atoms with Crippen LogP contribution in [0.2, 0.25) is 0 Å². The van der Waals surface area contributed by atoms with Crippen LogP contribution >= 0.6 is 7.14 Å². The van der Waals surface area contributed by atoms with E-state index in [1.165, 1.54) is 24.3 Å². The summed E-state index contributed by atoms with van der Waals surface area (Å²) in [6.45, 7) is 0. The largest absolute Gasteiger partial charge is 0.313 e. The second-order valence-electron chi connectivity index (χ2n) is 7.24. The summed E-state index contributed by atoms with van der Waals surface area (Å²) in [5.41, 5.74) is 1.34. The predicted octanol–water partition coefficient (Wildman–Crippen LogP) is 6.73. The van der Waals surface area contributed by atoms with Crippen LogP contribution in [0.1, 0.15) is 16.8 Å². The molecule has 1 atom stereocenters. The van der Waals surface area contributed by atoms with Crippen LogP contribution < -0.4 is 10.6 Å². The maximum atomic E-state index is 14.9. The quantitative estimate of drug-likeness (QED) is 0.310. The molecule has 0 spiro atoms. The van der Waals surface area contributed by atoms with Crippen molar-refractivity contribution in [2.24, 2.45) is 0 Å². The molecule has 4 heteroatoms. The van der Waals surface area contributed by atoms with E-state index < -0.39 is 24.4 Å². The standard InChI is InChI=1S/C27H21F2OP/c28-23-12-16-25(17-13-23)31(30,26-18-14-24(29)15-19-26)27(22-9-5-2-6-10-22)20-11-21-7-3-1-4-8-21/h1-20,27H. The molecule has 0 saturated heterocycles. The zero-order valence-electron chi connectivity index (χ0n) is 16.7. The minimum absolute atomic E-state index is 0.398. The summed E-state index contributed by atoms with van der Waals surface area (Å²) in [4.78, 5) is 0. The van der Waals surface area contributed by atoms with Crippen molar-refractivity contribution in [3.63, 3.8) is 0 Å². The van der Waals surface area contributed by atoms with Crippen LogP contribution in [-0.2, 0) is 4.57 Å². The first-order chi connectivity index (χ1) is 15.1. The first kappa shape index (κ1) is 21.0. The molecule has 0 amide bonds. The highest BCUT2D eigenvalue weighted by Crippen LogP contribution is 2.58. The van der Waals surface area contributed by atoms with Crippen LogP contribution in [0, 0.1) is 11.6 Å². The lowest BCUT2D eigenvalue weighted by molar-refractivity contribution is 0.583. The van der Waals surface area contributed by atoms with Crippen molar-refractivity contribution in [2.45, 2.75) is 5.66 Å². The number of hydrogen-bond donors (Lipinski definition) is 0. The van der Waals surface area contributed by atoms with Gasteiger partial charge >= 0.3 is 0 Å². The minimum Gasteiger partial charge on any atom is -0.313 e. The topological polar surface area (TPSA) is 17.1 Å². The van der Waals surface area contributed by atoms with E-state index in [1.807, 2.05) is 72.8 Å². The SMILES string of the molecule is O=P(c1ccc(F)cc1)(c1ccc(F)cc1)C(C=Cc1ccccc1)c1ccccc1. The van der Waals surface area contributed by atoms with Gasteiger partial charge in [0.05, 0.1) is 5.66 Å². The molecule has 0 N–H and O–H groups in total. The Morgan fingerprint density at radius 3 is 1.55 bits per heavy atom. The second-order valence-corrected chi connectivity index (χ2v) is 10.1. The third-order valence-electron chi connectivity index (χ3n) is 5.22. The molecule has 31 heavy (non-hydrogen) atoms. The molecule has 0 aliphatic carbocycles. The smallest absolute Gasteiger partial charge is 0.153 e. The third-order valence-corrected chi connectivity index (χ3v) is 8.61. The van der Waals surface area contributed by atoms with Crippen LogP contribution in [-0.4, -0.2) is 0 Å². The van der Waals surface area contributed by atoms with E-state index in [1.54, 1.807) is 24.3 Å². The fourth-order valence-corrected chi connectivity index (χ4v) is 6.70. The average Bonchev–Trinajstić information content (AvgIpc) is 2.81. The number of hydrogen-bond acceptors (Lipinski definition) is 1. The van der Waals surface area contributed by atoms with E-state index in [4.69, 9.17) is 0 Å².